The molecular formula is C14H21NO3. The maximum Gasteiger partial charge on any atom is 0.124 e. The number of benzene rings is 1. The Morgan fingerprint density at radius 3 is 2.56 bits per heavy atom. The van der Waals surface area contributed by atoms with Crippen LogP contribution >= 0.6 is 0 Å². The van der Waals surface area contributed by atoms with E-state index in [0.717, 1.165) is 25.7 Å². The molecule has 0 unspecified atom stereocenters. The normalized spacial score (nSPS) is 19.7. The van der Waals surface area contributed by atoms with E-state index in [1.807, 2.05) is 0 Å². The van der Waals surface area contributed by atoms with Crippen LogP contribution in [0.5, 0.6) is 11.5 Å². The molecule has 100 valence electrons. The molecule has 4 heteroatoms. The number of methoxy groups -OCH3 is 1. The molecule has 4 N–H and O–H groups in total. The smallest absolute Gasteiger partial charge is 0.124 e. The Labute approximate surface area is 107 Å². The molecule has 0 amide bonds. The molecule has 1 fully saturated rings. The summed E-state index contributed by atoms with van der Waals surface area (Å²) in [5.41, 5.74) is 6.64. The van der Waals surface area contributed by atoms with Gasteiger partial charge in [-0.25, -0.2) is 0 Å². The second kappa shape index (κ2) is 5.59. The number of ether oxygens (including phenoxy) is 1. The molecule has 0 bridgehead atoms. The third kappa shape index (κ3) is 2.60. The molecule has 1 aliphatic carbocycles. The van der Waals surface area contributed by atoms with Crippen LogP contribution in [-0.2, 0) is 0 Å². The van der Waals surface area contributed by atoms with E-state index in [-0.39, 0.29) is 11.7 Å². The SMILES string of the molecule is COc1ccc([C@H](N)[C@H](O)C2CCCC2)c(O)c1. The average Bonchev–Trinajstić information content (AvgIpc) is 2.90. The molecule has 0 spiro atoms. The summed E-state index contributed by atoms with van der Waals surface area (Å²) in [5, 5.41) is 20.2. The Morgan fingerprint density at radius 2 is 2.00 bits per heavy atom. The number of aliphatic hydroxyl groups is 1. The highest BCUT2D eigenvalue weighted by Gasteiger charge is 2.29. The fraction of sp³-hybridized carbons (Fsp3) is 0.571. The van der Waals surface area contributed by atoms with Gasteiger partial charge in [0.25, 0.3) is 0 Å². The highest BCUT2D eigenvalue weighted by molar-refractivity contribution is 5.41. The summed E-state index contributed by atoms with van der Waals surface area (Å²) in [6, 6.07) is 4.45. The maximum atomic E-state index is 10.3. The summed E-state index contributed by atoms with van der Waals surface area (Å²) in [6.45, 7) is 0. The number of phenolic OH excluding ortho intramolecular Hbond substituents is 1. The summed E-state index contributed by atoms with van der Waals surface area (Å²) in [7, 11) is 1.54. The predicted molar refractivity (Wildman–Crippen MR) is 69.6 cm³/mol. The minimum absolute atomic E-state index is 0.0823. The van der Waals surface area contributed by atoms with Gasteiger partial charge in [0, 0.05) is 11.6 Å². The van der Waals surface area contributed by atoms with Crippen LogP contribution in [0.2, 0.25) is 0 Å². The molecule has 0 aromatic heterocycles. The Bertz CT molecular complexity index is 402. The highest BCUT2D eigenvalue weighted by atomic mass is 16.5. The lowest BCUT2D eigenvalue weighted by molar-refractivity contribution is 0.0836. The fourth-order valence-electron chi connectivity index (χ4n) is 2.71. The van der Waals surface area contributed by atoms with Gasteiger partial charge >= 0.3 is 0 Å². The van der Waals surface area contributed by atoms with Crippen molar-refractivity contribution < 1.29 is 14.9 Å². The van der Waals surface area contributed by atoms with Gasteiger partial charge in [-0.1, -0.05) is 12.8 Å². The standard InChI is InChI=1S/C14H21NO3/c1-18-10-6-7-11(12(16)8-10)13(15)14(17)9-4-2-3-5-9/h6-9,13-14,16-17H,2-5,15H2,1H3/t13-,14+/m0/s1. The zero-order chi connectivity index (χ0) is 13.1. The van der Waals surface area contributed by atoms with Crippen molar-refractivity contribution in [2.24, 2.45) is 11.7 Å². The van der Waals surface area contributed by atoms with Crippen LogP contribution in [0.3, 0.4) is 0 Å². The molecule has 0 aliphatic heterocycles. The molecule has 1 aliphatic rings. The third-order valence-electron chi connectivity index (χ3n) is 3.85. The minimum atomic E-state index is -0.591. The summed E-state index contributed by atoms with van der Waals surface area (Å²) >= 11 is 0. The lowest BCUT2D eigenvalue weighted by Crippen LogP contribution is -2.31. The Morgan fingerprint density at radius 1 is 1.33 bits per heavy atom. The number of aromatic hydroxyl groups is 1. The van der Waals surface area contributed by atoms with Gasteiger partial charge in [0.1, 0.15) is 11.5 Å². The molecule has 0 radical (unpaired) electrons. The lowest BCUT2D eigenvalue weighted by atomic mass is 9.90. The molecule has 1 aromatic rings. The summed E-state index contributed by atoms with van der Waals surface area (Å²) in [6.07, 6.45) is 3.76. The van der Waals surface area contributed by atoms with Gasteiger partial charge in [0.15, 0.2) is 0 Å². The topological polar surface area (TPSA) is 75.7 Å². The summed E-state index contributed by atoms with van der Waals surface area (Å²) in [4.78, 5) is 0. The third-order valence-corrected chi connectivity index (χ3v) is 3.85. The quantitative estimate of drug-likeness (QED) is 0.764. The molecule has 0 heterocycles. The Hall–Kier alpha value is -1.26. The van der Waals surface area contributed by atoms with Crippen LogP contribution in [0, 0.1) is 5.92 Å². The van der Waals surface area contributed by atoms with Gasteiger partial charge < -0.3 is 20.7 Å². The zero-order valence-electron chi connectivity index (χ0n) is 10.7. The van der Waals surface area contributed by atoms with E-state index in [9.17, 15) is 10.2 Å². The first-order valence-corrected chi connectivity index (χ1v) is 6.44. The van der Waals surface area contributed by atoms with E-state index in [4.69, 9.17) is 10.5 Å². The summed E-state index contributed by atoms with van der Waals surface area (Å²) < 4.78 is 5.03. The molecule has 0 saturated heterocycles. The average molecular weight is 251 g/mol. The van der Waals surface area contributed by atoms with Gasteiger partial charge in [-0.3, -0.25) is 0 Å². The zero-order valence-corrected chi connectivity index (χ0v) is 10.7. The van der Waals surface area contributed by atoms with Crippen molar-refractivity contribution in [1.29, 1.82) is 0 Å². The molecule has 2 rings (SSSR count). The second-order valence-corrected chi connectivity index (χ2v) is 4.99. The van der Waals surface area contributed by atoms with Gasteiger partial charge in [-0.2, -0.15) is 0 Å². The van der Waals surface area contributed by atoms with E-state index < -0.39 is 12.1 Å². The molecule has 1 saturated carbocycles. The van der Waals surface area contributed by atoms with Crippen molar-refractivity contribution in [1.82, 2.24) is 0 Å². The number of aliphatic hydroxyl groups excluding tert-OH is 1. The molecule has 18 heavy (non-hydrogen) atoms. The van der Waals surface area contributed by atoms with Crippen LogP contribution in [0.4, 0.5) is 0 Å². The van der Waals surface area contributed by atoms with Crippen LogP contribution < -0.4 is 10.5 Å². The fourth-order valence-corrected chi connectivity index (χ4v) is 2.71. The number of phenols is 1. The van der Waals surface area contributed by atoms with E-state index in [1.54, 1.807) is 19.2 Å². The number of rotatable bonds is 4. The van der Waals surface area contributed by atoms with Crippen LogP contribution in [0.15, 0.2) is 18.2 Å². The van der Waals surface area contributed by atoms with Crippen LogP contribution in [0.25, 0.3) is 0 Å². The van der Waals surface area contributed by atoms with Crippen LogP contribution in [-0.4, -0.2) is 23.4 Å². The van der Waals surface area contributed by atoms with Crippen molar-refractivity contribution >= 4 is 0 Å². The van der Waals surface area contributed by atoms with Crippen LogP contribution in [0.1, 0.15) is 37.3 Å². The van der Waals surface area contributed by atoms with Crippen molar-refractivity contribution in [3.8, 4) is 11.5 Å². The van der Waals surface area contributed by atoms with Gasteiger partial charge in [0.2, 0.25) is 0 Å². The van der Waals surface area contributed by atoms with E-state index in [0.29, 0.717) is 11.3 Å². The predicted octanol–water partition coefficient (Wildman–Crippen LogP) is 1.95. The van der Waals surface area contributed by atoms with Gasteiger partial charge in [0.05, 0.1) is 19.3 Å². The summed E-state index contributed by atoms with van der Waals surface area (Å²) in [5.74, 6) is 0.916. The van der Waals surface area contributed by atoms with E-state index in [2.05, 4.69) is 0 Å². The first-order valence-electron chi connectivity index (χ1n) is 6.44. The first kappa shape index (κ1) is 13.2. The second-order valence-electron chi connectivity index (χ2n) is 4.99. The Balaban J connectivity index is 2.14. The number of nitrogens with two attached hydrogens (primary N) is 1. The monoisotopic (exact) mass is 251 g/mol. The van der Waals surface area contributed by atoms with Gasteiger partial charge in [-0.05, 0) is 30.9 Å². The van der Waals surface area contributed by atoms with Gasteiger partial charge in [-0.15, -0.1) is 0 Å². The first-order chi connectivity index (χ1) is 8.63. The Kier molecular flexibility index (Phi) is 4.09. The number of hydrogen-bond donors (Lipinski definition) is 3. The molecular weight excluding hydrogens is 230 g/mol. The van der Waals surface area contributed by atoms with E-state index >= 15 is 0 Å². The molecule has 4 nitrogen and oxygen atoms in total. The van der Waals surface area contributed by atoms with Crippen molar-refractivity contribution in [3.05, 3.63) is 23.8 Å². The van der Waals surface area contributed by atoms with Crippen molar-refractivity contribution in [3.63, 3.8) is 0 Å². The highest BCUT2D eigenvalue weighted by Crippen LogP contribution is 2.35. The maximum absolute atomic E-state index is 10.3. The molecule has 1 aromatic carbocycles. The lowest BCUT2D eigenvalue weighted by Gasteiger charge is -2.25. The minimum Gasteiger partial charge on any atom is -0.507 e. The largest absolute Gasteiger partial charge is 0.507 e. The van der Waals surface area contributed by atoms with Crippen molar-refractivity contribution in [2.45, 2.75) is 37.8 Å². The van der Waals surface area contributed by atoms with Crippen molar-refractivity contribution in [2.75, 3.05) is 7.11 Å². The van der Waals surface area contributed by atoms with E-state index in [1.165, 1.54) is 6.07 Å². The number of hydrogen-bond acceptors (Lipinski definition) is 4. The molecule has 2 atom stereocenters.